The van der Waals surface area contributed by atoms with E-state index in [1.165, 1.54) is 44.9 Å². The molecule has 4 bridgehead atoms. The standard InChI is InChI=1S/C16H24N2O/c19-16(15-8-11-2-4-13(15)6-11)18-17-9-14-7-10-1-3-12(14)5-10/h9-15H,1-8H2,(H,18,19)/b17-9-/t10-,11+,12+,13+,14+,15-/m0/s1. The molecular formula is C16H24N2O. The number of amides is 1. The summed E-state index contributed by atoms with van der Waals surface area (Å²) >= 11 is 0. The van der Waals surface area contributed by atoms with Crippen LogP contribution in [-0.2, 0) is 4.79 Å². The number of carbonyl (C=O) groups excluding carboxylic acids is 1. The third-order valence-electron chi connectivity index (χ3n) is 6.31. The Balaban J connectivity index is 1.29. The number of nitrogens with one attached hydrogen (secondary N) is 1. The zero-order valence-electron chi connectivity index (χ0n) is 11.6. The summed E-state index contributed by atoms with van der Waals surface area (Å²) in [6, 6.07) is 0. The van der Waals surface area contributed by atoms with Crippen molar-refractivity contribution in [2.75, 3.05) is 0 Å². The van der Waals surface area contributed by atoms with Crippen LogP contribution in [0.2, 0.25) is 0 Å². The van der Waals surface area contributed by atoms with E-state index in [0.29, 0.717) is 11.8 Å². The SMILES string of the molecule is O=C(N/N=C\[C@H]1C[C@H]2CC[C@@H]1C2)[C@H]1C[C@@H]2CC[C@@H]1C2. The molecule has 0 spiro atoms. The van der Waals surface area contributed by atoms with Gasteiger partial charge in [0, 0.05) is 12.1 Å². The Bertz CT molecular complexity index is 406. The summed E-state index contributed by atoms with van der Waals surface area (Å²) in [5, 5.41) is 4.28. The van der Waals surface area contributed by atoms with Crippen LogP contribution in [0.1, 0.15) is 51.4 Å². The molecular weight excluding hydrogens is 236 g/mol. The summed E-state index contributed by atoms with van der Waals surface area (Å²) in [5.41, 5.74) is 2.83. The zero-order valence-corrected chi connectivity index (χ0v) is 11.6. The Hall–Kier alpha value is -0.860. The molecule has 19 heavy (non-hydrogen) atoms. The van der Waals surface area contributed by atoms with Crippen molar-refractivity contribution in [1.82, 2.24) is 5.43 Å². The molecule has 1 amide bonds. The van der Waals surface area contributed by atoms with Gasteiger partial charge in [0.1, 0.15) is 0 Å². The maximum atomic E-state index is 12.1. The average Bonchev–Trinajstić information content (AvgIpc) is 3.18. The summed E-state index contributed by atoms with van der Waals surface area (Å²) in [6.45, 7) is 0. The van der Waals surface area contributed by atoms with Crippen LogP contribution in [0.15, 0.2) is 5.10 Å². The number of carbonyl (C=O) groups is 1. The van der Waals surface area contributed by atoms with Crippen LogP contribution in [0.25, 0.3) is 0 Å². The molecule has 3 nitrogen and oxygen atoms in total. The quantitative estimate of drug-likeness (QED) is 0.615. The second kappa shape index (κ2) is 4.60. The van der Waals surface area contributed by atoms with Crippen molar-refractivity contribution in [3.05, 3.63) is 0 Å². The van der Waals surface area contributed by atoms with Gasteiger partial charge >= 0.3 is 0 Å². The fraction of sp³-hybridized carbons (Fsp3) is 0.875. The largest absolute Gasteiger partial charge is 0.273 e. The molecule has 4 aliphatic rings. The number of rotatable bonds is 3. The highest BCUT2D eigenvalue weighted by Gasteiger charge is 2.43. The first-order valence-electron chi connectivity index (χ1n) is 8.12. The van der Waals surface area contributed by atoms with E-state index in [1.807, 2.05) is 6.21 Å². The molecule has 0 aromatic rings. The molecule has 0 aromatic heterocycles. The summed E-state index contributed by atoms with van der Waals surface area (Å²) < 4.78 is 0. The predicted octanol–water partition coefficient (Wildman–Crippen LogP) is 2.96. The number of hydrazone groups is 1. The molecule has 0 unspecified atom stereocenters. The smallest absolute Gasteiger partial charge is 0.243 e. The van der Waals surface area contributed by atoms with Gasteiger partial charge in [-0.15, -0.1) is 0 Å². The molecule has 3 heteroatoms. The number of nitrogens with zero attached hydrogens (tertiary/aromatic N) is 1. The average molecular weight is 260 g/mol. The second-order valence-corrected chi connectivity index (χ2v) is 7.37. The number of fused-ring (bicyclic) bond motifs is 4. The lowest BCUT2D eigenvalue weighted by Gasteiger charge is -2.20. The molecule has 0 aromatic carbocycles. The Morgan fingerprint density at radius 1 is 0.947 bits per heavy atom. The molecule has 4 rings (SSSR count). The van der Waals surface area contributed by atoms with Crippen LogP contribution in [0.5, 0.6) is 0 Å². The van der Waals surface area contributed by atoms with Crippen LogP contribution in [0.4, 0.5) is 0 Å². The van der Waals surface area contributed by atoms with Crippen molar-refractivity contribution < 1.29 is 4.79 Å². The van der Waals surface area contributed by atoms with Gasteiger partial charge in [0.2, 0.25) is 5.91 Å². The Morgan fingerprint density at radius 2 is 1.68 bits per heavy atom. The second-order valence-electron chi connectivity index (χ2n) is 7.37. The first-order chi connectivity index (χ1) is 9.29. The van der Waals surface area contributed by atoms with E-state index >= 15 is 0 Å². The van der Waals surface area contributed by atoms with E-state index in [-0.39, 0.29) is 11.8 Å². The van der Waals surface area contributed by atoms with Crippen molar-refractivity contribution >= 4 is 12.1 Å². The van der Waals surface area contributed by atoms with Gasteiger partial charge in [0.25, 0.3) is 0 Å². The summed E-state index contributed by atoms with van der Waals surface area (Å²) in [5.74, 6) is 4.37. The van der Waals surface area contributed by atoms with Gasteiger partial charge in [-0.05, 0) is 68.1 Å². The van der Waals surface area contributed by atoms with Crippen LogP contribution < -0.4 is 5.43 Å². The normalized spacial score (nSPS) is 47.4. The molecule has 4 aliphatic carbocycles. The minimum Gasteiger partial charge on any atom is -0.273 e. The minimum absolute atomic E-state index is 0.187. The van der Waals surface area contributed by atoms with E-state index < -0.39 is 0 Å². The molecule has 6 atom stereocenters. The third-order valence-corrected chi connectivity index (χ3v) is 6.31. The maximum Gasteiger partial charge on any atom is 0.243 e. The van der Waals surface area contributed by atoms with Crippen molar-refractivity contribution in [2.45, 2.75) is 51.4 Å². The molecule has 0 radical (unpaired) electrons. The van der Waals surface area contributed by atoms with E-state index in [1.54, 1.807) is 0 Å². The van der Waals surface area contributed by atoms with Gasteiger partial charge in [-0.3, -0.25) is 4.79 Å². The first kappa shape index (κ1) is 11.9. The highest BCUT2D eigenvalue weighted by atomic mass is 16.2. The van der Waals surface area contributed by atoms with Gasteiger partial charge in [-0.25, -0.2) is 5.43 Å². The zero-order chi connectivity index (χ0) is 12.8. The fourth-order valence-electron chi connectivity index (χ4n) is 5.32. The summed E-state index contributed by atoms with van der Waals surface area (Å²) in [6.07, 6.45) is 12.5. The molecule has 0 aliphatic heterocycles. The lowest BCUT2D eigenvalue weighted by atomic mass is 9.88. The Kier molecular flexibility index (Phi) is 2.89. The molecule has 0 heterocycles. The highest BCUT2D eigenvalue weighted by Crippen LogP contribution is 2.48. The Morgan fingerprint density at radius 3 is 2.26 bits per heavy atom. The predicted molar refractivity (Wildman–Crippen MR) is 74.5 cm³/mol. The minimum atomic E-state index is 0.187. The van der Waals surface area contributed by atoms with Crippen LogP contribution in [0, 0.1) is 35.5 Å². The fourth-order valence-corrected chi connectivity index (χ4v) is 5.32. The van der Waals surface area contributed by atoms with E-state index in [0.717, 1.165) is 24.2 Å². The summed E-state index contributed by atoms with van der Waals surface area (Å²) in [7, 11) is 0. The highest BCUT2D eigenvalue weighted by molar-refractivity contribution is 5.80. The van der Waals surface area contributed by atoms with E-state index in [4.69, 9.17) is 0 Å². The third kappa shape index (κ3) is 2.11. The van der Waals surface area contributed by atoms with Crippen LogP contribution in [0.3, 0.4) is 0 Å². The van der Waals surface area contributed by atoms with Crippen LogP contribution >= 0.6 is 0 Å². The summed E-state index contributed by atoms with van der Waals surface area (Å²) in [4.78, 5) is 12.1. The van der Waals surface area contributed by atoms with Crippen molar-refractivity contribution in [3.8, 4) is 0 Å². The monoisotopic (exact) mass is 260 g/mol. The van der Waals surface area contributed by atoms with Gasteiger partial charge in [-0.1, -0.05) is 12.8 Å². The van der Waals surface area contributed by atoms with Crippen molar-refractivity contribution in [2.24, 2.45) is 40.6 Å². The topological polar surface area (TPSA) is 41.5 Å². The van der Waals surface area contributed by atoms with Crippen molar-refractivity contribution in [1.29, 1.82) is 0 Å². The van der Waals surface area contributed by atoms with E-state index in [2.05, 4.69) is 10.5 Å². The number of hydrogen-bond acceptors (Lipinski definition) is 2. The van der Waals surface area contributed by atoms with Gasteiger partial charge in [0.15, 0.2) is 0 Å². The first-order valence-corrected chi connectivity index (χ1v) is 8.12. The van der Waals surface area contributed by atoms with Gasteiger partial charge < -0.3 is 0 Å². The van der Waals surface area contributed by atoms with Crippen LogP contribution in [-0.4, -0.2) is 12.1 Å². The molecule has 0 saturated heterocycles. The lowest BCUT2D eigenvalue weighted by molar-refractivity contribution is -0.126. The molecule has 104 valence electrons. The number of hydrogen-bond donors (Lipinski definition) is 1. The maximum absolute atomic E-state index is 12.1. The molecule has 4 saturated carbocycles. The molecule has 4 fully saturated rings. The van der Waals surface area contributed by atoms with E-state index in [9.17, 15) is 4.79 Å². The Labute approximate surface area is 115 Å². The molecule has 1 N–H and O–H groups in total. The van der Waals surface area contributed by atoms with Gasteiger partial charge in [0.05, 0.1) is 0 Å². The van der Waals surface area contributed by atoms with Gasteiger partial charge in [-0.2, -0.15) is 5.10 Å². The van der Waals surface area contributed by atoms with Crippen molar-refractivity contribution in [3.63, 3.8) is 0 Å². The lowest BCUT2D eigenvalue weighted by Crippen LogP contribution is -2.31.